The average molecular weight is 227 g/mol. The maximum absolute atomic E-state index is 5.23. The molecular formula is C10H14NO3P. The molecule has 2 fully saturated rings. The molecule has 3 heterocycles. The summed E-state index contributed by atoms with van der Waals surface area (Å²) in [6.07, 6.45) is 2.58. The van der Waals surface area contributed by atoms with Gasteiger partial charge in [-0.15, -0.1) is 0 Å². The van der Waals surface area contributed by atoms with Gasteiger partial charge in [0.15, 0.2) is 0 Å². The van der Waals surface area contributed by atoms with E-state index in [4.69, 9.17) is 14.2 Å². The lowest BCUT2D eigenvalue weighted by molar-refractivity contribution is 0.102. The van der Waals surface area contributed by atoms with E-state index >= 15 is 0 Å². The monoisotopic (exact) mass is 227 g/mol. The third kappa shape index (κ3) is 5.80. The summed E-state index contributed by atoms with van der Waals surface area (Å²) in [5, 5.41) is 0. The number of hydrogen-bond donors (Lipinski definition) is 0. The minimum atomic E-state index is 0.392. The Hall–Kier alpha value is -0.540. The van der Waals surface area contributed by atoms with Gasteiger partial charge in [0.1, 0.15) is 12.2 Å². The van der Waals surface area contributed by atoms with Crippen LogP contribution < -0.4 is 0 Å². The molecule has 0 spiro atoms. The minimum absolute atomic E-state index is 0.392. The first-order valence-corrected chi connectivity index (χ1v) is 5.89. The van der Waals surface area contributed by atoms with Crippen LogP contribution in [-0.2, 0) is 14.2 Å². The van der Waals surface area contributed by atoms with Gasteiger partial charge >= 0.3 is 0 Å². The summed E-state index contributed by atoms with van der Waals surface area (Å²) < 4.78 is 19.0. The summed E-state index contributed by atoms with van der Waals surface area (Å²) in [4.78, 5) is 0. The molecule has 2 unspecified atom stereocenters. The Morgan fingerprint density at radius 1 is 1.20 bits per heavy atom. The molecule has 0 N–H and O–H groups in total. The van der Waals surface area contributed by atoms with Crippen LogP contribution in [0, 0.1) is 0 Å². The van der Waals surface area contributed by atoms with E-state index in [2.05, 4.69) is 4.75 Å². The zero-order chi connectivity index (χ0) is 10.3. The quantitative estimate of drug-likeness (QED) is 0.730. The van der Waals surface area contributed by atoms with E-state index in [1.165, 1.54) is 0 Å². The highest BCUT2D eigenvalue weighted by atomic mass is 31.0. The number of hydrogen-bond acceptors (Lipinski definition) is 4. The van der Waals surface area contributed by atoms with Gasteiger partial charge in [-0.3, -0.25) is 0 Å². The maximum Gasteiger partial charge on any atom is 0.104 e. The van der Waals surface area contributed by atoms with Crippen LogP contribution in [0.5, 0.6) is 0 Å². The zero-order valence-electron chi connectivity index (χ0n) is 8.41. The lowest BCUT2D eigenvalue weighted by Gasteiger charge is -1.95. The normalized spacial score (nSPS) is 26.9. The van der Waals surface area contributed by atoms with Crippen molar-refractivity contribution in [3.8, 4) is 0 Å². The van der Waals surface area contributed by atoms with E-state index in [1.807, 2.05) is 17.9 Å². The molecule has 0 radical (unpaired) electrons. The van der Waals surface area contributed by atoms with Crippen molar-refractivity contribution in [1.82, 2.24) is 4.75 Å². The molecule has 3 rings (SSSR count). The van der Waals surface area contributed by atoms with Crippen molar-refractivity contribution >= 4 is 8.35 Å². The summed E-state index contributed by atoms with van der Waals surface area (Å²) in [7, 11) is 1.06. The Morgan fingerprint density at radius 3 is 2.13 bits per heavy atom. The molecule has 0 aromatic carbocycles. The first-order chi connectivity index (χ1) is 7.45. The first-order valence-electron chi connectivity index (χ1n) is 4.98. The Morgan fingerprint density at radius 2 is 1.87 bits per heavy atom. The van der Waals surface area contributed by atoms with Crippen LogP contribution in [0.3, 0.4) is 0 Å². The molecule has 0 aliphatic carbocycles. The Bertz CT molecular complexity index is 226. The van der Waals surface area contributed by atoms with E-state index in [-0.39, 0.29) is 0 Å². The van der Waals surface area contributed by atoms with Crippen molar-refractivity contribution in [1.29, 1.82) is 0 Å². The Kier molecular flexibility index (Phi) is 4.48. The summed E-state index contributed by atoms with van der Waals surface area (Å²) in [6, 6.07) is 3.89. The highest BCUT2D eigenvalue weighted by Gasteiger charge is 2.26. The summed E-state index contributed by atoms with van der Waals surface area (Å²) in [5.74, 6) is 1.99. The SMILES string of the molecule is C(OCC1CO1)C1CO1.c1ccpnc1. The lowest BCUT2D eigenvalue weighted by Crippen LogP contribution is -2.06. The molecule has 2 aliphatic heterocycles. The van der Waals surface area contributed by atoms with Crippen LogP contribution in [0.1, 0.15) is 0 Å². The number of nitrogens with zero attached hydrogens (tertiary/aromatic N) is 1. The van der Waals surface area contributed by atoms with Gasteiger partial charge in [0.25, 0.3) is 0 Å². The van der Waals surface area contributed by atoms with Crippen LogP contribution in [0.25, 0.3) is 0 Å². The molecule has 2 aliphatic rings. The van der Waals surface area contributed by atoms with Gasteiger partial charge < -0.3 is 14.2 Å². The molecule has 1 aromatic rings. The van der Waals surface area contributed by atoms with Gasteiger partial charge in [0, 0.05) is 14.5 Å². The molecule has 5 heteroatoms. The second-order valence-electron chi connectivity index (χ2n) is 3.36. The van der Waals surface area contributed by atoms with E-state index in [1.54, 1.807) is 6.20 Å². The van der Waals surface area contributed by atoms with Gasteiger partial charge in [0.05, 0.1) is 26.4 Å². The average Bonchev–Trinajstić information content (AvgIpc) is 3.16. The predicted octanol–water partition coefficient (Wildman–Crippen LogP) is 1.46. The number of epoxide rings is 2. The van der Waals surface area contributed by atoms with Crippen LogP contribution in [-0.4, -0.2) is 43.4 Å². The van der Waals surface area contributed by atoms with E-state index < -0.39 is 0 Å². The molecule has 82 valence electrons. The lowest BCUT2D eigenvalue weighted by atomic mass is 10.5. The molecule has 1 aromatic heterocycles. The van der Waals surface area contributed by atoms with E-state index in [0.29, 0.717) is 12.2 Å². The van der Waals surface area contributed by atoms with Gasteiger partial charge in [-0.1, -0.05) is 6.07 Å². The maximum atomic E-state index is 5.23. The largest absolute Gasteiger partial charge is 0.376 e. The van der Waals surface area contributed by atoms with Crippen molar-refractivity contribution < 1.29 is 14.2 Å². The summed E-state index contributed by atoms with van der Waals surface area (Å²) in [5.41, 5.74) is 0. The fraction of sp³-hybridized carbons (Fsp3) is 0.600. The fourth-order valence-electron chi connectivity index (χ4n) is 0.913. The van der Waals surface area contributed by atoms with Crippen molar-refractivity contribution in [2.75, 3.05) is 26.4 Å². The summed E-state index contributed by atoms with van der Waals surface area (Å²) in [6.45, 7) is 3.26. The highest BCUT2D eigenvalue weighted by molar-refractivity contribution is 7.24. The molecule has 2 saturated heterocycles. The van der Waals surface area contributed by atoms with Gasteiger partial charge in [0.2, 0.25) is 0 Å². The fourth-order valence-corrected chi connectivity index (χ4v) is 1.32. The van der Waals surface area contributed by atoms with Gasteiger partial charge in [-0.05, 0) is 11.9 Å². The Balaban J connectivity index is 0.000000124. The minimum Gasteiger partial charge on any atom is -0.376 e. The topological polar surface area (TPSA) is 47.2 Å². The van der Waals surface area contributed by atoms with Gasteiger partial charge in [-0.25, -0.2) is 4.75 Å². The molecular weight excluding hydrogens is 213 g/mol. The predicted molar refractivity (Wildman–Crippen MR) is 57.0 cm³/mol. The van der Waals surface area contributed by atoms with E-state index in [9.17, 15) is 0 Å². The van der Waals surface area contributed by atoms with Crippen LogP contribution in [0.15, 0.2) is 24.1 Å². The standard InChI is InChI=1S/C6H10O3.C4H4NP/c1(5-3-8-5)7-2-6-4-9-6;1-2-4-6-5-3-1/h5-6H,1-4H2;1-4H. The number of aromatic nitrogens is 1. The summed E-state index contributed by atoms with van der Waals surface area (Å²) >= 11 is 0. The Labute approximate surface area is 90.7 Å². The molecule has 4 nitrogen and oxygen atoms in total. The second-order valence-corrected chi connectivity index (χ2v) is 4.12. The zero-order valence-corrected chi connectivity index (χ0v) is 9.31. The molecule has 2 atom stereocenters. The number of ether oxygens (including phenoxy) is 3. The van der Waals surface area contributed by atoms with Gasteiger partial charge in [-0.2, -0.15) is 0 Å². The van der Waals surface area contributed by atoms with Crippen molar-refractivity contribution in [2.24, 2.45) is 0 Å². The molecule has 0 saturated carbocycles. The highest BCUT2D eigenvalue weighted by Crippen LogP contribution is 2.12. The first kappa shape index (κ1) is 11.0. The van der Waals surface area contributed by atoms with Crippen molar-refractivity contribution in [2.45, 2.75) is 12.2 Å². The van der Waals surface area contributed by atoms with Crippen molar-refractivity contribution in [3.63, 3.8) is 0 Å². The smallest absolute Gasteiger partial charge is 0.104 e. The third-order valence-electron chi connectivity index (χ3n) is 1.90. The van der Waals surface area contributed by atoms with Crippen LogP contribution in [0.4, 0.5) is 0 Å². The third-order valence-corrected chi connectivity index (χ3v) is 2.47. The van der Waals surface area contributed by atoms with E-state index in [0.717, 1.165) is 34.8 Å². The molecule has 0 bridgehead atoms. The van der Waals surface area contributed by atoms with Crippen LogP contribution in [0.2, 0.25) is 0 Å². The van der Waals surface area contributed by atoms with Crippen LogP contribution >= 0.6 is 8.35 Å². The second kappa shape index (κ2) is 6.13. The number of rotatable bonds is 4. The van der Waals surface area contributed by atoms with Crippen molar-refractivity contribution in [3.05, 3.63) is 24.1 Å². The molecule has 15 heavy (non-hydrogen) atoms. The molecule has 0 amide bonds.